The normalized spacial score (nSPS) is 14.2. The molecule has 108 valence electrons. The molecule has 1 heterocycles. The highest BCUT2D eigenvalue weighted by Crippen LogP contribution is 2.23. The summed E-state index contributed by atoms with van der Waals surface area (Å²) in [7, 11) is 0. The van der Waals surface area contributed by atoms with E-state index in [9.17, 15) is 4.79 Å². The topological polar surface area (TPSA) is 41.6 Å². The summed E-state index contributed by atoms with van der Waals surface area (Å²) >= 11 is 0. The van der Waals surface area contributed by atoms with Crippen LogP contribution in [-0.2, 0) is 17.9 Å². The van der Waals surface area contributed by atoms with Gasteiger partial charge in [-0.15, -0.1) is 0 Å². The van der Waals surface area contributed by atoms with Gasteiger partial charge in [0.15, 0.2) is 0 Å². The second-order valence-electron chi connectivity index (χ2n) is 5.00. The van der Waals surface area contributed by atoms with Crippen molar-refractivity contribution in [2.24, 2.45) is 0 Å². The number of fused-ring (bicyclic) bond motifs is 1. The van der Waals surface area contributed by atoms with Crippen LogP contribution in [0.1, 0.15) is 11.1 Å². The molecule has 1 N–H and O–H groups in total. The molecule has 1 amide bonds. The average Bonchev–Trinajstić information content (AvgIpc) is 2.76. The summed E-state index contributed by atoms with van der Waals surface area (Å²) in [5.41, 5.74) is 3.04. The fourth-order valence-electron chi connectivity index (χ4n) is 2.44. The molecule has 3 rings (SSSR count). The smallest absolute Gasteiger partial charge is 0.414 e. The zero-order valence-electron chi connectivity index (χ0n) is 11.8. The lowest BCUT2D eigenvalue weighted by Crippen LogP contribution is -2.35. The Morgan fingerprint density at radius 1 is 1.10 bits per heavy atom. The number of anilines is 1. The van der Waals surface area contributed by atoms with E-state index in [-0.39, 0.29) is 6.09 Å². The molecule has 1 aliphatic rings. The van der Waals surface area contributed by atoms with E-state index < -0.39 is 0 Å². The zero-order chi connectivity index (χ0) is 14.5. The molecule has 4 heteroatoms. The fraction of sp³-hybridized carbons (Fsp3) is 0.235. The minimum absolute atomic E-state index is 0.296. The van der Waals surface area contributed by atoms with E-state index in [1.54, 1.807) is 4.90 Å². The van der Waals surface area contributed by atoms with Crippen LogP contribution in [0.4, 0.5) is 10.5 Å². The first kappa shape index (κ1) is 13.6. The van der Waals surface area contributed by atoms with Gasteiger partial charge in [0.2, 0.25) is 0 Å². The Balaban J connectivity index is 1.72. The van der Waals surface area contributed by atoms with Crippen molar-refractivity contribution in [3.63, 3.8) is 0 Å². The van der Waals surface area contributed by atoms with Crippen LogP contribution in [0, 0.1) is 0 Å². The van der Waals surface area contributed by atoms with Gasteiger partial charge in [-0.3, -0.25) is 4.90 Å². The number of benzene rings is 2. The van der Waals surface area contributed by atoms with E-state index in [1.807, 2.05) is 54.6 Å². The van der Waals surface area contributed by atoms with Gasteiger partial charge in [-0.25, -0.2) is 4.79 Å². The van der Waals surface area contributed by atoms with Crippen molar-refractivity contribution in [3.05, 3.63) is 65.7 Å². The molecule has 0 saturated heterocycles. The highest BCUT2D eigenvalue weighted by Gasteiger charge is 2.21. The van der Waals surface area contributed by atoms with Crippen LogP contribution in [0.3, 0.4) is 0 Å². The maximum Gasteiger partial charge on any atom is 0.414 e. The van der Waals surface area contributed by atoms with Crippen molar-refractivity contribution in [1.29, 1.82) is 0 Å². The van der Waals surface area contributed by atoms with E-state index in [2.05, 4.69) is 5.32 Å². The van der Waals surface area contributed by atoms with Gasteiger partial charge in [0.05, 0.1) is 5.69 Å². The van der Waals surface area contributed by atoms with Gasteiger partial charge in [0, 0.05) is 19.6 Å². The number of nitrogens with one attached hydrogen (secondary N) is 1. The molecule has 0 aliphatic carbocycles. The van der Waals surface area contributed by atoms with E-state index in [0.29, 0.717) is 13.2 Å². The van der Waals surface area contributed by atoms with Crippen LogP contribution in [-0.4, -0.2) is 19.2 Å². The summed E-state index contributed by atoms with van der Waals surface area (Å²) < 4.78 is 5.44. The summed E-state index contributed by atoms with van der Waals surface area (Å²) in [5, 5.41) is 3.31. The molecule has 21 heavy (non-hydrogen) atoms. The number of rotatable bonds is 2. The molecule has 2 aromatic carbocycles. The lowest BCUT2D eigenvalue weighted by Gasteiger charge is -2.21. The number of ether oxygens (including phenoxy) is 1. The van der Waals surface area contributed by atoms with Crippen molar-refractivity contribution in [2.45, 2.75) is 13.2 Å². The van der Waals surface area contributed by atoms with Crippen molar-refractivity contribution in [3.8, 4) is 0 Å². The number of para-hydroxylation sites is 1. The van der Waals surface area contributed by atoms with Crippen LogP contribution < -0.4 is 10.2 Å². The molecule has 0 aromatic heterocycles. The Morgan fingerprint density at radius 2 is 1.86 bits per heavy atom. The molecule has 0 atom stereocenters. The Labute approximate surface area is 124 Å². The van der Waals surface area contributed by atoms with Crippen LogP contribution in [0.5, 0.6) is 0 Å². The lowest BCUT2D eigenvalue weighted by atomic mass is 10.1. The Hall–Kier alpha value is -2.33. The van der Waals surface area contributed by atoms with Crippen LogP contribution in [0.15, 0.2) is 54.6 Å². The summed E-state index contributed by atoms with van der Waals surface area (Å²) in [5.74, 6) is 0. The van der Waals surface area contributed by atoms with Gasteiger partial charge in [-0.1, -0.05) is 48.5 Å². The third-order valence-electron chi connectivity index (χ3n) is 3.54. The summed E-state index contributed by atoms with van der Waals surface area (Å²) in [6, 6.07) is 17.7. The summed E-state index contributed by atoms with van der Waals surface area (Å²) in [4.78, 5) is 14.1. The first-order valence-corrected chi connectivity index (χ1v) is 7.11. The molecular weight excluding hydrogens is 264 g/mol. The van der Waals surface area contributed by atoms with Gasteiger partial charge in [-0.05, 0) is 17.2 Å². The molecule has 4 nitrogen and oxygen atoms in total. The van der Waals surface area contributed by atoms with Crippen molar-refractivity contribution in [2.75, 3.05) is 18.0 Å². The summed E-state index contributed by atoms with van der Waals surface area (Å²) in [6.07, 6.45) is -0.296. The quantitative estimate of drug-likeness (QED) is 0.921. The van der Waals surface area contributed by atoms with Crippen LogP contribution in [0.2, 0.25) is 0 Å². The van der Waals surface area contributed by atoms with Gasteiger partial charge in [0.25, 0.3) is 0 Å². The highest BCUT2D eigenvalue weighted by molar-refractivity contribution is 5.88. The van der Waals surface area contributed by atoms with Crippen molar-refractivity contribution >= 4 is 11.8 Å². The number of amides is 1. The Bertz CT molecular complexity index is 613. The second-order valence-corrected chi connectivity index (χ2v) is 5.00. The van der Waals surface area contributed by atoms with Gasteiger partial charge in [-0.2, -0.15) is 0 Å². The lowest BCUT2D eigenvalue weighted by molar-refractivity contribution is 0.147. The molecule has 0 radical (unpaired) electrons. The van der Waals surface area contributed by atoms with Crippen molar-refractivity contribution < 1.29 is 9.53 Å². The standard InChI is InChI=1S/C17H18N2O2/c20-17(21-13-14-6-2-1-3-7-14)19-11-10-18-12-15-8-4-5-9-16(15)19/h1-9,18H,10-13H2. The maximum absolute atomic E-state index is 12.4. The average molecular weight is 282 g/mol. The molecule has 2 aromatic rings. The number of hydrogen-bond acceptors (Lipinski definition) is 3. The molecule has 0 saturated carbocycles. The molecular formula is C17H18N2O2. The van der Waals surface area contributed by atoms with Gasteiger partial charge < -0.3 is 10.1 Å². The van der Waals surface area contributed by atoms with Crippen LogP contribution in [0.25, 0.3) is 0 Å². The third kappa shape index (κ3) is 3.23. The monoisotopic (exact) mass is 282 g/mol. The third-order valence-corrected chi connectivity index (χ3v) is 3.54. The minimum atomic E-state index is -0.296. The minimum Gasteiger partial charge on any atom is -0.444 e. The van der Waals surface area contributed by atoms with E-state index >= 15 is 0 Å². The van der Waals surface area contributed by atoms with Gasteiger partial charge >= 0.3 is 6.09 Å². The number of nitrogens with zero attached hydrogens (tertiary/aromatic N) is 1. The Kier molecular flexibility index (Phi) is 4.17. The number of carbonyl (C=O) groups is 1. The predicted octanol–water partition coefficient (Wildman–Crippen LogP) is 2.93. The molecule has 0 bridgehead atoms. The number of carbonyl (C=O) groups excluding carboxylic acids is 1. The maximum atomic E-state index is 12.4. The largest absolute Gasteiger partial charge is 0.444 e. The molecule has 0 unspecified atom stereocenters. The fourth-order valence-corrected chi connectivity index (χ4v) is 2.44. The predicted molar refractivity (Wildman–Crippen MR) is 82.1 cm³/mol. The SMILES string of the molecule is O=C(OCc1ccccc1)N1CCNCc2ccccc21. The van der Waals surface area contributed by atoms with E-state index in [1.165, 1.54) is 0 Å². The molecule has 0 spiro atoms. The molecule has 0 fully saturated rings. The first-order chi connectivity index (χ1) is 10.3. The highest BCUT2D eigenvalue weighted by atomic mass is 16.6. The van der Waals surface area contributed by atoms with E-state index in [0.717, 1.165) is 29.9 Å². The van der Waals surface area contributed by atoms with Crippen molar-refractivity contribution in [1.82, 2.24) is 5.32 Å². The van der Waals surface area contributed by atoms with E-state index in [4.69, 9.17) is 4.74 Å². The second kappa shape index (κ2) is 6.41. The molecule has 1 aliphatic heterocycles. The zero-order valence-corrected chi connectivity index (χ0v) is 11.8. The summed E-state index contributed by atoms with van der Waals surface area (Å²) in [6.45, 7) is 2.45. The first-order valence-electron chi connectivity index (χ1n) is 7.11. The Morgan fingerprint density at radius 3 is 2.71 bits per heavy atom. The van der Waals surface area contributed by atoms with Crippen LogP contribution >= 0.6 is 0 Å². The number of hydrogen-bond donors (Lipinski definition) is 1. The van der Waals surface area contributed by atoms with Gasteiger partial charge in [0.1, 0.15) is 6.61 Å².